The Kier molecular flexibility index (Phi) is 5.92. The first kappa shape index (κ1) is 20.6. The van der Waals surface area contributed by atoms with E-state index >= 15 is 0 Å². The van der Waals surface area contributed by atoms with Crippen LogP contribution in [-0.2, 0) is 9.47 Å². The Morgan fingerprint density at radius 3 is 1.60 bits per heavy atom. The van der Waals surface area contributed by atoms with Crippen LogP contribution in [0.3, 0.4) is 0 Å². The van der Waals surface area contributed by atoms with Crippen molar-refractivity contribution in [3.63, 3.8) is 0 Å². The fraction of sp³-hybridized carbons (Fsp3) is 0.478. The molecule has 7 nitrogen and oxygen atoms in total. The monoisotopic (exact) mass is 416 g/mol. The highest BCUT2D eigenvalue weighted by atomic mass is 16.5. The van der Waals surface area contributed by atoms with Crippen molar-refractivity contribution in [2.24, 2.45) is 11.8 Å². The second-order valence-corrected chi connectivity index (χ2v) is 7.41. The minimum atomic E-state index is -0.103. The predicted octanol–water partition coefficient (Wildman–Crippen LogP) is 3.80. The van der Waals surface area contributed by atoms with Crippen LogP contribution in [0.4, 0.5) is 0 Å². The Balaban J connectivity index is 1.61. The number of hydrogen-bond acceptors (Lipinski definition) is 7. The zero-order chi connectivity index (χ0) is 21.3. The summed E-state index contributed by atoms with van der Waals surface area (Å²) >= 11 is 0. The molecule has 2 unspecified atom stereocenters. The highest BCUT2D eigenvalue weighted by Crippen LogP contribution is 2.52. The number of rotatable bonds is 7. The lowest BCUT2D eigenvalue weighted by molar-refractivity contribution is 0.0191. The maximum absolute atomic E-state index is 6.24. The number of hydrogen-bond donors (Lipinski definition) is 0. The summed E-state index contributed by atoms with van der Waals surface area (Å²) in [7, 11) is 8.10. The van der Waals surface area contributed by atoms with Gasteiger partial charge in [-0.05, 0) is 35.4 Å². The highest BCUT2D eigenvalue weighted by molar-refractivity contribution is 5.54. The van der Waals surface area contributed by atoms with E-state index < -0.39 is 0 Å². The minimum absolute atomic E-state index is 0.0538. The van der Waals surface area contributed by atoms with Gasteiger partial charge in [-0.2, -0.15) is 0 Å². The zero-order valence-corrected chi connectivity index (χ0v) is 18.0. The molecule has 2 aromatic rings. The first-order chi connectivity index (χ1) is 14.6. The first-order valence-electron chi connectivity index (χ1n) is 9.90. The van der Waals surface area contributed by atoms with Crippen molar-refractivity contribution >= 4 is 0 Å². The van der Waals surface area contributed by atoms with Gasteiger partial charge in [-0.3, -0.25) is 0 Å². The topological polar surface area (TPSA) is 64.6 Å². The average molecular weight is 416 g/mol. The van der Waals surface area contributed by atoms with Gasteiger partial charge in [0.05, 0.1) is 61.0 Å². The van der Waals surface area contributed by atoms with E-state index in [1.807, 2.05) is 30.3 Å². The van der Waals surface area contributed by atoms with Gasteiger partial charge in [-0.15, -0.1) is 0 Å². The first-order valence-corrected chi connectivity index (χ1v) is 9.90. The second kappa shape index (κ2) is 8.62. The predicted molar refractivity (Wildman–Crippen MR) is 110 cm³/mol. The summed E-state index contributed by atoms with van der Waals surface area (Å²) < 4.78 is 39.7. The fourth-order valence-electron chi connectivity index (χ4n) is 4.53. The standard InChI is InChI=1S/C23H28O7/c1-24-17-7-6-13(8-18(17)25-2)21-15-11-30-22(16(15)12-29-21)14-9-19(26-3)23(28-5)20(10-14)27-4/h6-10,15-16,21-22H,11-12H2,1-5H3/t15?,16?,21-,22-/m1/s1. The van der Waals surface area contributed by atoms with E-state index in [-0.39, 0.29) is 24.0 Å². The summed E-state index contributed by atoms with van der Waals surface area (Å²) in [5.41, 5.74) is 2.06. The van der Waals surface area contributed by atoms with Crippen molar-refractivity contribution in [3.05, 3.63) is 41.5 Å². The van der Waals surface area contributed by atoms with E-state index in [9.17, 15) is 0 Å². The molecule has 2 heterocycles. The number of fused-ring (bicyclic) bond motifs is 1. The molecule has 0 spiro atoms. The van der Waals surface area contributed by atoms with Crippen LogP contribution in [0.1, 0.15) is 23.3 Å². The Morgan fingerprint density at radius 2 is 1.10 bits per heavy atom. The summed E-state index contributed by atoms with van der Waals surface area (Å²) in [6.07, 6.45) is -0.157. The highest BCUT2D eigenvalue weighted by Gasteiger charge is 2.48. The summed E-state index contributed by atoms with van der Waals surface area (Å²) in [4.78, 5) is 0. The average Bonchev–Trinajstić information content (AvgIpc) is 3.39. The van der Waals surface area contributed by atoms with Crippen molar-refractivity contribution < 1.29 is 33.2 Å². The molecule has 162 valence electrons. The van der Waals surface area contributed by atoms with Gasteiger partial charge >= 0.3 is 0 Å². The van der Waals surface area contributed by atoms with Crippen LogP contribution in [-0.4, -0.2) is 48.8 Å². The van der Waals surface area contributed by atoms with Crippen LogP contribution >= 0.6 is 0 Å². The van der Waals surface area contributed by atoms with E-state index in [4.69, 9.17) is 33.2 Å². The van der Waals surface area contributed by atoms with Gasteiger partial charge in [-0.25, -0.2) is 0 Å². The van der Waals surface area contributed by atoms with E-state index in [0.717, 1.165) is 11.1 Å². The maximum Gasteiger partial charge on any atom is 0.203 e. The third kappa shape index (κ3) is 3.42. The molecule has 0 saturated carbocycles. The van der Waals surface area contributed by atoms with E-state index in [1.165, 1.54) is 0 Å². The fourth-order valence-corrected chi connectivity index (χ4v) is 4.53. The van der Waals surface area contributed by atoms with Crippen molar-refractivity contribution in [1.82, 2.24) is 0 Å². The van der Waals surface area contributed by atoms with Crippen LogP contribution in [0.2, 0.25) is 0 Å². The largest absolute Gasteiger partial charge is 0.493 e. The lowest BCUT2D eigenvalue weighted by atomic mass is 9.84. The Hall–Kier alpha value is -2.64. The van der Waals surface area contributed by atoms with Gasteiger partial charge in [0.25, 0.3) is 0 Å². The lowest BCUT2D eigenvalue weighted by Crippen LogP contribution is -2.15. The molecule has 30 heavy (non-hydrogen) atoms. The van der Waals surface area contributed by atoms with Gasteiger partial charge in [-0.1, -0.05) is 6.07 Å². The molecule has 0 aliphatic carbocycles. The van der Waals surface area contributed by atoms with Gasteiger partial charge in [0.15, 0.2) is 23.0 Å². The van der Waals surface area contributed by atoms with E-state index in [1.54, 1.807) is 35.5 Å². The Bertz CT molecular complexity index is 872. The van der Waals surface area contributed by atoms with E-state index in [2.05, 4.69) is 0 Å². The van der Waals surface area contributed by atoms with Crippen LogP contribution < -0.4 is 23.7 Å². The van der Waals surface area contributed by atoms with Crippen LogP contribution in [0, 0.1) is 11.8 Å². The second-order valence-electron chi connectivity index (χ2n) is 7.41. The summed E-state index contributed by atoms with van der Waals surface area (Å²) in [5, 5.41) is 0. The van der Waals surface area contributed by atoms with Gasteiger partial charge in [0.1, 0.15) is 0 Å². The molecule has 0 N–H and O–H groups in total. The van der Waals surface area contributed by atoms with Crippen molar-refractivity contribution in [3.8, 4) is 28.7 Å². The van der Waals surface area contributed by atoms with Crippen LogP contribution in [0.15, 0.2) is 30.3 Å². The molecule has 0 bridgehead atoms. The Morgan fingerprint density at radius 1 is 0.600 bits per heavy atom. The molecule has 2 aromatic carbocycles. The minimum Gasteiger partial charge on any atom is -0.493 e. The molecule has 2 aliphatic heterocycles. The lowest BCUT2D eigenvalue weighted by Gasteiger charge is -2.20. The molecular formula is C23H28O7. The molecule has 7 heteroatoms. The molecule has 0 radical (unpaired) electrons. The van der Waals surface area contributed by atoms with Crippen LogP contribution in [0.5, 0.6) is 28.7 Å². The molecule has 0 amide bonds. The number of ether oxygens (including phenoxy) is 7. The molecule has 0 aromatic heterocycles. The maximum atomic E-state index is 6.24. The summed E-state index contributed by atoms with van der Waals surface area (Å²) in [6, 6.07) is 9.84. The third-order valence-electron chi connectivity index (χ3n) is 6.02. The molecule has 4 rings (SSSR count). The smallest absolute Gasteiger partial charge is 0.203 e. The van der Waals surface area contributed by atoms with Gasteiger partial charge < -0.3 is 33.2 Å². The third-order valence-corrected chi connectivity index (χ3v) is 6.02. The molecule has 2 saturated heterocycles. The molecule has 4 atom stereocenters. The molecule has 2 aliphatic rings. The summed E-state index contributed by atoms with van der Waals surface area (Å²) in [5.74, 6) is 3.68. The zero-order valence-electron chi connectivity index (χ0n) is 18.0. The number of benzene rings is 2. The summed E-state index contributed by atoms with van der Waals surface area (Å²) in [6.45, 7) is 1.23. The normalized spacial score (nSPS) is 25.0. The van der Waals surface area contributed by atoms with E-state index in [0.29, 0.717) is 42.0 Å². The molecular weight excluding hydrogens is 388 g/mol. The Labute approximate surface area is 176 Å². The quantitative estimate of drug-likeness (QED) is 0.680. The van der Waals surface area contributed by atoms with Gasteiger partial charge in [0.2, 0.25) is 5.75 Å². The van der Waals surface area contributed by atoms with Crippen molar-refractivity contribution in [2.45, 2.75) is 12.2 Å². The van der Waals surface area contributed by atoms with Gasteiger partial charge in [0, 0.05) is 11.8 Å². The van der Waals surface area contributed by atoms with Crippen LogP contribution in [0.25, 0.3) is 0 Å². The van der Waals surface area contributed by atoms with Crippen molar-refractivity contribution in [2.75, 3.05) is 48.8 Å². The SMILES string of the molecule is COc1ccc([C@H]2OCC3C2CO[C@@H]3c2cc(OC)c(OC)c(OC)c2)cc1OC. The number of methoxy groups -OCH3 is 5. The van der Waals surface area contributed by atoms with Crippen molar-refractivity contribution in [1.29, 1.82) is 0 Å². The molecule has 2 fully saturated rings.